The van der Waals surface area contributed by atoms with Crippen molar-refractivity contribution in [1.82, 2.24) is 5.32 Å². The van der Waals surface area contributed by atoms with Gasteiger partial charge in [-0.1, -0.05) is 0 Å². The quantitative estimate of drug-likeness (QED) is 0.567. The summed E-state index contributed by atoms with van der Waals surface area (Å²) in [7, 11) is 0. The molecule has 1 unspecified atom stereocenters. The minimum atomic E-state index is -1.03. The number of hydrogen-bond acceptors (Lipinski definition) is 4. The fraction of sp³-hybridized carbons (Fsp3) is 0.250. The van der Waals surface area contributed by atoms with Gasteiger partial charge in [0.1, 0.15) is 6.04 Å². The Bertz CT molecular complexity index is 484. The third-order valence-electron chi connectivity index (χ3n) is 2.39. The molecule has 1 aromatic rings. The third-order valence-corrected chi connectivity index (χ3v) is 2.39. The number of benzene rings is 1. The maximum atomic E-state index is 11.5. The van der Waals surface area contributed by atoms with Gasteiger partial charge in [0.15, 0.2) is 0 Å². The Morgan fingerprint density at radius 2 is 1.84 bits per heavy atom. The first kappa shape index (κ1) is 14.7. The van der Waals surface area contributed by atoms with Gasteiger partial charge in [-0.2, -0.15) is 0 Å². The number of nitrogens with one attached hydrogen (secondary N) is 2. The Kier molecular flexibility index (Phi) is 5.01. The second kappa shape index (κ2) is 6.50. The largest absolute Gasteiger partial charge is 0.480 e. The highest BCUT2D eigenvalue weighted by atomic mass is 16.4. The molecule has 1 aromatic carbocycles. The van der Waals surface area contributed by atoms with Gasteiger partial charge in [0.2, 0.25) is 11.8 Å². The summed E-state index contributed by atoms with van der Waals surface area (Å²) in [5.41, 5.74) is 5.93. The number of nitrogens with two attached hydrogens (primary N) is 1. The molecule has 0 spiro atoms. The Labute approximate surface area is 109 Å². The lowest BCUT2D eigenvalue weighted by atomic mass is 10.2. The molecule has 2 amide bonds. The van der Waals surface area contributed by atoms with E-state index < -0.39 is 17.9 Å². The predicted octanol–water partition coefficient (Wildman–Crippen LogP) is -0.213. The molecular formula is C12H15N3O4. The second-order valence-electron chi connectivity index (χ2n) is 3.93. The fourth-order valence-corrected chi connectivity index (χ4v) is 1.26. The highest BCUT2D eigenvalue weighted by Crippen LogP contribution is 2.08. The maximum Gasteiger partial charge on any atom is 0.320 e. The van der Waals surface area contributed by atoms with E-state index in [0.717, 1.165) is 0 Å². The van der Waals surface area contributed by atoms with Crippen LogP contribution in [0.4, 0.5) is 5.69 Å². The van der Waals surface area contributed by atoms with Gasteiger partial charge < -0.3 is 16.2 Å². The van der Waals surface area contributed by atoms with Crippen LogP contribution in [0.15, 0.2) is 24.3 Å². The summed E-state index contributed by atoms with van der Waals surface area (Å²) in [6.45, 7) is 1.32. The number of anilines is 1. The van der Waals surface area contributed by atoms with Gasteiger partial charge in [0.05, 0.1) is 6.54 Å². The average Bonchev–Trinajstić information content (AvgIpc) is 2.36. The molecule has 0 aliphatic rings. The van der Waals surface area contributed by atoms with Crippen molar-refractivity contribution in [2.75, 3.05) is 11.9 Å². The van der Waals surface area contributed by atoms with Crippen LogP contribution in [0.1, 0.15) is 17.3 Å². The molecular weight excluding hydrogens is 250 g/mol. The van der Waals surface area contributed by atoms with E-state index >= 15 is 0 Å². The lowest BCUT2D eigenvalue weighted by molar-refractivity contribution is -0.139. The van der Waals surface area contributed by atoms with Crippen LogP contribution in [0.3, 0.4) is 0 Å². The van der Waals surface area contributed by atoms with E-state index in [4.69, 9.17) is 10.8 Å². The molecule has 0 radical (unpaired) electrons. The summed E-state index contributed by atoms with van der Waals surface area (Å²) in [6.07, 6.45) is 0. The molecule has 7 nitrogen and oxygen atoms in total. The number of carboxylic acid groups (broad SMARTS) is 1. The number of carboxylic acids is 1. The van der Waals surface area contributed by atoms with Crippen molar-refractivity contribution in [3.8, 4) is 0 Å². The number of carbonyl (C=O) groups is 3. The molecule has 1 rings (SSSR count). The minimum absolute atomic E-state index is 0.120. The van der Waals surface area contributed by atoms with Crippen molar-refractivity contribution in [1.29, 1.82) is 0 Å². The van der Waals surface area contributed by atoms with Crippen molar-refractivity contribution in [2.45, 2.75) is 13.0 Å². The van der Waals surface area contributed by atoms with Crippen molar-refractivity contribution in [2.24, 2.45) is 5.73 Å². The SMILES string of the molecule is CC(NCC(=O)Nc1ccc(C(N)=O)cc1)C(=O)O. The van der Waals surface area contributed by atoms with Crippen LogP contribution < -0.4 is 16.4 Å². The summed E-state index contributed by atoms with van der Waals surface area (Å²) in [4.78, 5) is 32.9. The van der Waals surface area contributed by atoms with Crippen molar-refractivity contribution in [3.63, 3.8) is 0 Å². The zero-order valence-corrected chi connectivity index (χ0v) is 10.3. The van der Waals surface area contributed by atoms with E-state index in [0.29, 0.717) is 11.3 Å². The first-order valence-corrected chi connectivity index (χ1v) is 5.56. The van der Waals surface area contributed by atoms with Crippen LogP contribution in [0.5, 0.6) is 0 Å². The Morgan fingerprint density at radius 1 is 1.26 bits per heavy atom. The van der Waals surface area contributed by atoms with E-state index in [-0.39, 0.29) is 12.5 Å². The van der Waals surface area contributed by atoms with Gasteiger partial charge in [0.25, 0.3) is 0 Å². The number of amides is 2. The third kappa shape index (κ3) is 4.76. The minimum Gasteiger partial charge on any atom is -0.480 e. The van der Waals surface area contributed by atoms with E-state index in [1.54, 1.807) is 12.1 Å². The Morgan fingerprint density at radius 3 is 2.32 bits per heavy atom. The molecule has 0 heterocycles. The maximum absolute atomic E-state index is 11.5. The normalized spacial score (nSPS) is 11.6. The molecule has 19 heavy (non-hydrogen) atoms. The van der Waals surface area contributed by atoms with E-state index in [1.807, 2.05) is 0 Å². The first-order chi connectivity index (χ1) is 8.90. The van der Waals surface area contributed by atoms with E-state index in [9.17, 15) is 14.4 Å². The smallest absolute Gasteiger partial charge is 0.320 e. The molecule has 0 aliphatic heterocycles. The molecule has 7 heteroatoms. The zero-order chi connectivity index (χ0) is 14.4. The number of rotatable bonds is 6. The molecule has 0 fully saturated rings. The molecule has 0 saturated carbocycles. The summed E-state index contributed by atoms with van der Waals surface area (Å²) >= 11 is 0. The van der Waals surface area contributed by atoms with Crippen molar-refractivity contribution < 1.29 is 19.5 Å². The van der Waals surface area contributed by atoms with Gasteiger partial charge in [-0.15, -0.1) is 0 Å². The standard InChI is InChI=1S/C12H15N3O4/c1-7(12(18)19)14-6-10(16)15-9-4-2-8(3-5-9)11(13)17/h2-5,7,14H,6H2,1H3,(H2,13,17)(H,15,16)(H,18,19). The van der Waals surface area contributed by atoms with Crippen LogP contribution in [0, 0.1) is 0 Å². The number of hydrogen-bond donors (Lipinski definition) is 4. The molecule has 0 saturated heterocycles. The van der Waals surface area contributed by atoms with Crippen LogP contribution in [-0.2, 0) is 9.59 Å². The highest BCUT2D eigenvalue weighted by Gasteiger charge is 2.11. The summed E-state index contributed by atoms with van der Waals surface area (Å²) in [5, 5.41) is 13.7. The topological polar surface area (TPSA) is 122 Å². The monoisotopic (exact) mass is 265 g/mol. The highest BCUT2D eigenvalue weighted by molar-refractivity contribution is 5.95. The molecule has 1 atom stereocenters. The van der Waals surface area contributed by atoms with Crippen molar-refractivity contribution in [3.05, 3.63) is 29.8 Å². The van der Waals surface area contributed by atoms with Gasteiger partial charge in [-0.05, 0) is 31.2 Å². The van der Waals surface area contributed by atoms with Crippen LogP contribution in [0.2, 0.25) is 0 Å². The fourth-order valence-electron chi connectivity index (χ4n) is 1.26. The van der Waals surface area contributed by atoms with Crippen LogP contribution in [0.25, 0.3) is 0 Å². The summed E-state index contributed by atoms with van der Waals surface area (Å²) in [6, 6.07) is 5.26. The van der Waals surface area contributed by atoms with Gasteiger partial charge in [0, 0.05) is 11.3 Å². The number of aliphatic carboxylic acids is 1. The molecule has 5 N–H and O–H groups in total. The molecule has 0 bridgehead atoms. The van der Waals surface area contributed by atoms with E-state index in [1.165, 1.54) is 19.1 Å². The lowest BCUT2D eigenvalue weighted by Gasteiger charge is -2.09. The van der Waals surface area contributed by atoms with Crippen LogP contribution in [-0.4, -0.2) is 35.5 Å². The predicted molar refractivity (Wildman–Crippen MR) is 68.7 cm³/mol. The van der Waals surface area contributed by atoms with Gasteiger partial charge >= 0.3 is 5.97 Å². The molecule has 0 aromatic heterocycles. The lowest BCUT2D eigenvalue weighted by Crippen LogP contribution is -2.39. The number of carbonyl (C=O) groups excluding carboxylic acids is 2. The van der Waals surface area contributed by atoms with E-state index in [2.05, 4.69) is 10.6 Å². The average molecular weight is 265 g/mol. The summed E-state index contributed by atoms with van der Waals surface area (Å²) < 4.78 is 0. The van der Waals surface area contributed by atoms with Gasteiger partial charge in [-0.3, -0.25) is 19.7 Å². The first-order valence-electron chi connectivity index (χ1n) is 5.56. The summed E-state index contributed by atoms with van der Waals surface area (Å²) in [5.74, 6) is -1.95. The van der Waals surface area contributed by atoms with Crippen LogP contribution >= 0.6 is 0 Å². The van der Waals surface area contributed by atoms with Gasteiger partial charge in [-0.25, -0.2) is 0 Å². The molecule has 102 valence electrons. The second-order valence-corrected chi connectivity index (χ2v) is 3.93. The zero-order valence-electron chi connectivity index (χ0n) is 10.3. The van der Waals surface area contributed by atoms with Crippen molar-refractivity contribution >= 4 is 23.5 Å². The Hall–Kier alpha value is -2.41. The molecule has 0 aliphatic carbocycles. The number of primary amides is 1. The Balaban J connectivity index is 2.48.